The number of carboxylic acid groups (broad SMARTS) is 1. The van der Waals surface area contributed by atoms with Crippen molar-refractivity contribution in [2.45, 2.75) is 53.0 Å². The highest BCUT2D eigenvalue weighted by molar-refractivity contribution is 7.09. The van der Waals surface area contributed by atoms with Crippen LogP contribution in [0.3, 0.4) is 0 Å². The molecule has 0 aliphatic carbocycles. The van der Waals surface area contributed by atoms with Crippen molar-refractivity contribution in [3.63, 3.8) is 0 Å². The van der Waals surface area contributed by atoms with E-state index in [1.54, 1.807) is 0 Å². The molecule has 0 fully saturated rings. The number of rotatable bonds is 6. The molecule has 1 amide bonds. The number of thiazole rings is 1. The minimum absolute atomic E-state index is 0.0371. The van der Waals surface area contributed by atoms with Gasteiger partial charge in [0.15, 0.2) is 0 Å². The Morgan fingerprint density at radius 2 is 2.10 bits per heavy atom. The molecule has 0 aromatic carbocycles. The van der Waals surface area contributed by atoms with Crippen molar-refractivity contribution in [3.05, 3.63) is 16.1 Å². The van der Waals surface area contributed by atoms with Crippen molar-refractivity contribution in [1.82, 2.24) is 10.3 Å². The minimum atomic E-state index is -0.899. The largest absolute Gasteiger partial charge is 0.481 e. The quantitative estimate of drug-likeness (QED) is 0.845. The van der Waals surface area contributed by atoms with E-state index >= 15 is 0 Å². The lowest BCUT2D eigenvalue weighted by atomic mass is 9.87. The van der Waals surface area contributed by atoms with Gasteiger partial charge in [-0.3, -0.25) is 9.59 Å². The van der Waals surface area contributed by atoms with E-state index in [-0.39, 0.29) is 30.2 Å². The zero-order valence-electron chi connectivity index (χ0n) is 12.4. The second-order valence-electron chi connectivity index (χ2n) is 6.16. The molecule has 5 nitrogen and oxygen atoms in total. The fourth-order valence-electron chi connectivity index (χ4n) is 2.06. The third-order valence-corrected chi connectivity index (χ3v) is 3.48. The van der Waals surface area contributed by atoms with E-state index in [2.05, 4.69) is 10.3 Å². The van der Waals surface area contributed by atoms with Crippen LogP contribution in [0.15, 0.2) is 5.38 Å². The summed E-state index contributed by atoms with van der Waals surface area (Å²) in [5.74, 6) is -1.07. The van der Waals surface area contributed by atoms with Gasteiger partial charge in [-0.05, 0) is 18.8 Å². The number of carboxylic acids is 1. The van der Waals surface area contributed by atoms with Crippen LogP contribution < -0.4 is 5.32 Å². The lowest BCUT2D eigenvalue weighted by Gasteiger charge is -2.25. The third-order valence-electron chi connectivity index (χ3n) is 2.65. The summed E-state index contributed by atoms with van der Waals surface area (Å²) in [4.78, 5) is 27.1. The first-order valence-electron chi connectivity index (χ1n) is 6.58. The van der Waals surface area contributed by atoms with Gasteiger partial charge in [0.2, 0.25) is 5.91 Å². The summed E-state index contributed by atoms with van der Waals surface area (Å²) in [6.45, 7) is 7.96. The van der Waals surface area contributed by atoms with Crippen molar-refractivity contribution < 1.29 is 14.7 Å². The topological polar surface area (TPSA) is 79.3 Å². The number of aryl methyl sites for hydroxylation is 1. The molecular weight excluding hydrogens is 276 g/mol. The van der Waals surface area contributed by atoms with E-state index in [0.717, 1.165) is 10.7 Å². The van der Waals surface area contributed by atoms with Crippen molar-refractivity contribution in [2.75, 3.05) is 0 Å². The molecule has 0 aliphatic heterocycles. The van der Waals surface area contributed by atoms with Gasteiger partial charge in [0, 0.05) is 11.4 Å². The van der Waals surface area contributed by atoms with Gasteiger partial charge in [-0.25, -0.2) is 4.98 Å². The number of carbonyl (C=O) groups excluding carboxylic acids is 1. The summed E-state index contributed by atoms with van der Waals surface area (Å²) >= 11 is 1.50. The molecule has 0 saturated carbocycles. The summed E-state index contributed by atoms with van der Waals surface area (Å²) in [5.41, 5.74) is 0.694. The van der Waals surface area contributed by atoms with Gasteiger partial charge < -0.3 is 10.4 Å². The summed E-state index contributed by atoms with van der Waals surface area (Å²) in [6.07, 6.45) is 0.769. The third kappa shape index (κ3) is 6.65. The number of aliphatic carboxylic acids is 1. The molecule has 1 atom stereocenters. The minimum Gasteiger partial charge on any atom is -0.481 e. The van der Waals surface area contributed by atoms with E-state index in [9.17, 15) is 9.59 Å². The van der Waals surface area contributed by atoms with Crippen LogP contribution in [0.4, 0.5) is 0 Å². The molecule has 1 aromatic rings. The zero-order valence-corrected chi connectivity index (χ0v) is 13.2. The van der Waals surface area contributed by atoms with Crippen LogP contribution in [0.5, 0.6) is 0 Å². The van der Waals surface area contributed by atoms with Crippen LogP contribution in [0.1, 0.15) is 44.3 Å². The summed E-state index contributed by atoms with van der Waals surface area (Å²) in [5, 5.41) is 14.5. The lowest BCUT2D eigenvalue weighted by Crippen LogP contribution is -2.39. The zero-order chi connectivity index (χ0) is 15.3. The number of nitrogens with one attached hydrogen (secondary N) is 1. The van der Waals surface area contributed by atoms with Crippen LogP contribution >= 0.6 is 11.3 Å². The van der Waals surface area contributed by atoms with Gasteiger partial charge in [0.25, 0.3) is 0 Å². The maximum absolute atomic E-state index is 12.0. The average Bonchev–Trinajstić information content (AvgIpc) is 2.59. The average molecular weight is 298 g/mol. The molecule has 2 N–H and O–H groups in total. The molecule has 6 heteroatoms. The molecular formula is C14H22N2O3S. The highest BCUT2D eigenvalue weighted by atomic mass is 32.1. The first kappa shape index (κ1) is 16.6. The van der Waals surface area contributed by atoms with Gasteiger partial charge in [-0.1, -0.05) is 20.8 Å². The van der Waals surface area contributed by atoms with Crippen LogP contribution in [0, 0.1) is 12.3 Å². The summed E-state index contributed by atoms with van der Waals surface area (Å²) in [7, 11) is 0. The number of carbonyl (C=O) groups is 2. The van der Waals surface area contributed by atoms with Gasteiger partial charge in [-0.2, -0.15) is 0 Å². The summed E-state index contributed by atoms with van der Waals surface area (Å²) in [6, 6.07) is -0.347. The molecule has 0 saturated heterocycles. The molecule has 1 aromatic heterocycles. The second-order valence-corrected chi connectivity index (χ2v) is 7.22. The molecule has 112 valence electrons. The Morgan fingerprint density at radius 3 is 2.55 bits per heavy atom. The normalized spacial score (nSPS) is 13.0. The SMILES string of the molecule is Cc1nc(CC(=O)NC(CC(=O)O)CC(C)(C)C)cs1. The Bertz CT molecular complexity index is 477. The lowest BCUT2D eigenvalue weighted by molar-refractivity contribution is -0.137. The number of hydrogen-bond acceptors (Lipinski definition) is 4. The van der Waals surface area contributed by atoms with Crippen molar-refractivity contribution in [3.8, 4) is 0 Å². The Labute approximate surface area is 123 Å². The Hall–Kier alpha value is -1.43. The van der Waals surface area contributed by atoms with E-state index in [1.165, 1.54) is 11.3 Å². The first-order valence-corrected chi connectivity index (χ1v) is 7.46. The number of amides is 1. The molecule has 1 heterocycles. The van der Waals surface area contributed by atoms with Gasteiger partial charge >= 0.3 is 5.97 Å². The monoisotopic (exact) mass is 298 g/mol. The van der Waals surface area contributed by atoms with E-state index in [1.807, 2.05) is 33.1 Å². The summed E-state index contributed by atoms with van der Waals surface area (Å²) < 4.78 is 0. The Kier molecular flexibility index (Phi) is 5.68. The second kappa shape index (κ2) is 6.83. The van der Waals surface area contributed by atoms with E-state index in [0.29, 0.717) is 6.42 Å². The predicted octanol–water partition coefficient (Wildman–Crippen LogP) is 2.39. The molecule has 0 aliphatic rings. The Balaban J connectivity index is 2.59. The van der Waals surface area contributed by atoms with Gasteiger partial charge in [0.05, 0.1) is 23.5 Å². The van der Waals surface area contributed by atoms with Crippen molar-refractivity contribution in [2.24, 2.45) is 5.41 Å². The molecule has 20 heavy (non-hydrogen) atoms. The van der Waals surface area contributed by atoms with Crippen LogP contribution in [0.2, 0.25) is 0 Å². The number of nitrogens with zero attached hydrogens (tertiary/aromatic N) is 1. The Morgan fingerprint density at radius 1 is 1.45 bits per heavy atom. The van der Waals surface area contributed by atoms with E-state index in [4.69, 9.17) is 5.11 Å². The predicted molar refractivity (Wildman–Crippen MR) is 78.8 cm³/mol. The maximum Gasteiger partial charge on any atom is 0.305 e. The highest BCUT2D eigenvalue weighted by Crippen LogP contribution is 2.22. The standard InChI is InChI=1S/C14H22N2O3S/c1-9-15-11(8-20-9)5-12(17)16-10(6-13(18)19)7-14(2,3)4/h8,10H,5-7H2,1-4H3,(H,16,17)(H,18,19). The van der Waals surface area contributed by atoms with Crippen molar-refractivity contribution >= 4 is 23.2 Å². The first-order chi connectivity index (χ1) is 9.15. The fraction of sp³-hybridized carbons (Fsp3) is 0.643. The smallest absolute Gasteiger partial charge is 0.305 e. The van der Waals surface area contributed by atoms with Gasteiger partial charge in [-0.15, -0.1) is 11.3 Å². The maximum atomic E-state index is 12.0. The van der Waals surface area contributed by atoms with Crippen molar-refractivity contribution in [1.29, 1.82) is 0 Å². The molecule has 0 spiro atoms. The van der Waals surface area contributed by atoms with Gasteiger partial charge in [0.1, 0.15) is 0 Å². The number of hydrogen-bond donors (Lipinski definition) is 2. The number of aromatic nitrogens is 1. The van der Waals surface area contributed by atoms with Crippen LogP contribution in [-0.2, 0) is 16.0 Å². The van der Waals surface area contributed by atoms with E-state index < -0.39 is 5.97 Å². The van der Waals surface area contributed by atoms with Crippen LogP contribution in [0.25, 0.3) is 0 Å². The molecule has 1 unspecified atom stereocenters. The fourth-order valence-corrected chi connectivity index (χ4v) is 2.67. The molecule has 0 radical (unpaired) electrons. The highest BCUT2D eigenvalue weighted by Gasteiger charge is 2.23. The molecule has 1 rings (SSSR count). The molecule has 0 bridgehead atoms. The van der Waals surface area contributed by atoms with Crippen LogP contribution in [-0.4, -0.2) is 28.0 Å².